The summed E-state index contributed by atoms with van der Waals surface area (Å²) in [6.45, 7) is 4.49. The van der Waals surface area contributed by atoms with Crippen molar-refractivity contribution < 1.29 is 19.5 Å². The number of urea groups is 1. The number of carbonyl (C=O) groups is 3. The Labute approximate surface area is 118 Å². The Bertz CT molecular complexity index is 386. The molecule has 1 heterocycles. The van der Waals surface area contributed by atoms with Crippen LogP contribution in [0.15, 0.2) is 0 Å². The number of hydrogen-bond donors (Lipinski definition) is 2. The highest BCUT2D eigenvalue weighted by Gasteiger charge is 2.36. The van der Waals surface area contributed by atoms with Crippen LogP contribution in [0.4, 0.5) is 4.79 Å². The molecule has 1 aliphatic rings. The number of likely N-dealkylation sites (N-methyl/N-ethyl adjacent to an activating group) is 2. The van der Waals surface area contributed by atoms with Crippen LogP contribution in [0.3, 0.4) is 0 Å². The number of carboxylic acid groups (broad SMARTS) is 1. The van der Waals surface area contributed by atoms with E-state index in [0.29, 0.717) is 19.5 Å². The van der Waals surface area contributed by atoms with Gasteiger partial charge in [0.15, 0.2) is 0 Å². The van der Waals surface area contributed by atoms with Gasteiger partial charge < -0.3 is 20.2 Å². The first-order valence-electron chi connectivity index (χ1n) is 6.89. The van der Waals surface area contributed by atoms with Crippen molar-refractivity contribution in [2.45, 2.75) is 32.7 Å². The fourth-order valence-electron chi connectivity index (χ4n) is 2.35. The number of nitrogens with zero attached hydrogens (tertiary/aromatic N) is 2. The first kappa shape index (κ1) is 16.3. The molecule has 0 aromatic carbocycles. The van der Waals surface area contributed by atoms with Gasteiger partial charge in [0.05, 0.1) is 0 Å². The Morgan fingerprint density at radius 3 is 2.55 bits per heavy atom. The number of carbonyl (C=O) groups excluding carboxylic acids is 2. The predicted molar refractivity (Wildman–Crippen MR) is 73.2 cm³/mol. The molecule has 0 bridgehead atoms. The van der Waals surface area contributed by atoms with Crippen LogP contribution >= 0.6 is 0 Å². The first-order valence-corrected chi connectivity index (χ1v) is 6.89. The van der Waals surface area contributed by atoms with E-state index in [2.05, 4.69) is 5.32 Å². The minimum absolute atomic E-state index is 0.0514. The molecule has 2 atom stereocenters. The number of carboxylic acids is 1. The second-order valence-electron chi connectivity index (χ2n) is 5.15. The van der Waals surface area contributed by atoms with Gasteiger partial charge >= 0.3 is 12.0 Å². The van der Waals surface area contributed by atoms with E-state index in [1.54, 1.807) is 6.92 Å². The van der Waals surface area contributed by atoms with E-state index >= 15 is 0 Å². The molecule has 1 saturated heterocycles. The molecule has 0 radical (unpaired) electrons. The molecule has 0 saturated carbocycles. The first-order chi connectivity index (χ1) is 9.40. The quantitative estimate of drug-likeness (QED) is 0.780. The highest BCUT2D eigenvalue weighted by atomic mass is 16.4. The Kier molecular flexibility index (Phi) is 5.79. The molecule has 2 unspecified atom stereocenters. The van der Waals surface area contributed by atoms with Gasteiger partial charge in [0, 0.05) is 20.1 Å². The van der Waals surface area contributed by atoms with Crippen molar-refractivity contribution in [2.24, 2.45) is 5.92 Å². The van der Waals surface area contributed by atoms with Crippen molar-refractivity contribution in [3.63, 3.8) is 0 Å². The van der Waals surface area contributed by atoms with E-state index in [1.165, 1.54) is 16.8 Å². The molecular formula is C13H23N3O4. The smallest absolute Gasteiger partial charge is 0.326 e. The van der Waals surface area contributed by atoms with Crippen molar-refractivity contribution in [1.29, 1.82) is 0 Å². The van der Waals surface area contributed by atoms with Crippen molar-refractivity contribution in [1.82, 2.24) is 15.1 Å². The zero-order valence-corrected chi connectivity index (χ0v) is 12.3. The third-order valence-electron chi connectivity index (χ3n) is 3.66. The second-order valence-corrected chi connectivity index (χ2v) is 5.15. The Balaban J connectivity index is 2.81. The van der Waals surface area contributed by atoms with E-state index in [4.69, 9.17) is 0 Å². The fraction of sp³-hybridized carbons (Fsp3) is 0.769. The number of nitrogens with one attached hydrogen (secondary N) is 1. The summed E-state index contributed by atoms with van der Waals surface area (Å²) in [7, 11) is 1.50. The molecule has 1 aliphatic heterocycles. The molecule has 1 fully saturated rings. The SMILES string of the molecule is CCN(CC(=O)NC)C(=O)N1CCC(C)CC1C(=O)O. The Morgan fingerprint density at radius 1 is 1.40 bits per heavy atom. The highest BCUT2D eigenvalue weighted by Crippen LogP contribution is 2.23. The van der Waals surface area contributed by atoms with Gasteiger partial charge in [-0.2, -0.15) is 0 Å². The number of amides is 3. The Morgan fingerprint density at radius 2 is 2.05 bits per heavy atom. The zero-order chi connectivity index (χ0) is 15.3. The molecule has 0 spiro atoms. The van der Waals surface area contributed by atoms with Crippen LogP contribution in [0.1, 0.15) is 26.7 Å². The number of hydrogen-bond acceptors (Lipinski definition) is 3. The maximum Gasteiger partial charge on any atom is 0.326 e. The largest absolute Gasteiger partial charge is 0.480 e. The summed E-state index contributed by atoms with van der Waals surface area (Å²) in [4.78, 5) is 37.9. The molecule has 0 aliphatic carbocycles. The molecule has 3 amide bonds. The number of aliphatic carboxylic acids is 1. The lowest BCUT2D eigenvalue weighted by atomic mass is 9.92. The van der Waals surface area contributed by atoms with Gasteiger partial charge in [0.1, 0.15) is 12.6 Å². The summed E-state index contributed by atoms with van der Waals surface area (Å²) >= 11 is 0. The summed E-state index contributed by atoms with van der Waals surface area (Å²) in [5.41, 5.74) is 0. The van der Waals surface area contributed by atoms with Gasteiger partial charge in [-0.15, -0.1) is 0 Å². The lowest BCUT2D eigenvalue weighted by Crippen LogP contribution is -2.55. The zero-order valence-electron chi connectivity index (χ0n) is 12.3. The van der Waals surface area contributed by atoms with Crippen molar-refractivity contribution in [2.75, 3.05) is 26.7 Å². The van der Waals surface area contributed by atoms with E-state index in [9.17, 15) is 19.5 Å². The van der Waals surface area contributed by atoms with E-state index < -0.39 is 12.0 Å². The number of rotatable bonds is 4. The van der Waals surface area contributed by atoms with Crippen LogP contribution in [0.25, 0.3) is 0 Å². The average Bonchev–Trinajstić information content (AvgIpc) is 2.43. The monoisotopic (exact) mass is 285 g/mol. The molecule has 20 heavy (non-hydrogen) atoms. The number of piperidine rings is 1. The topological polar surface area (TPSA) is 90.0 Å². The molecular weight excluding hydrogens is 262 g/mol. The molecule has 1 rings (SSSR count). The minimum atomic E-state index is -0.985. The molecule has 114 valence electrons. The average molecular weight is 285 g/mol. The predicted octanol–water partition coefficient (Wildman–Crippen LogP) is 0.359. The van der Waals surface area contributed by atoms with Crippen LogP contribution < -0.4 is 5.32 Å². The standard InChI is InChI=1S/C13H23N3O4/c1-4-15(8-11(17)14-3)13(20)16-6-5-9(2)7-10(16)12(18)19/h9-10H,4-8H2,1-3H3,(H,14,17)(H,18,19). The maximum absolute atomic E-state index is 12.4. The van der Waals surface area contributed by atoms with Crippen LogP contribution in [-0.4, -0.2) is 65.5 Å². The summed E-state index contributed by atoms with van der Waals surface area (Å²) in [6, 6.07) is -1.18. The van der Waals surface area contributed by atoms with Crippen LogP contribution in [0, 0.1) is 5.92 Å². The van der Waals surface area contributed by atoms with Gasteiger partial charge in [0.2, 0.25) is 5.91 Å². The van der Waals surface area contributed by atoms with Gasteiger partial charge in [-0.25, -0.2) is 9.59 Å². The maximum atomic E-state index is 12.4. The molecule has 0 aromatic heterocycles. The van der Waals surface area contributed by atoms with Crippen LogP contribution in [0.5, 0.6) is 0 Å². The summed E-state index contributed by atoms with van der Waals surface area (Å²) < 4.78 is 0. The van der Waals surface area contributed by atoms with Gasteiger partial charge in [0.25, 0.3) is 0 Å². The normalized spacial score (nSPS) is 22.2. The van der Waals surface area contributed by atoms with Crippen molar-refractivity contribution in [3.05, 3.63) is 0 Å². The third kappa shape index (κ3) is 3.85. The number of likely N-dealkylation sites (tertiary alicyclic amines) is 1. The van der Waals surface area contributed by atoms with Gasteiger partial charge in [-0.05, 0) is 25.7 Å². The lowest BCUT2D eigenvalue weighted by Gasteiger charge is -2.38. The van der Waals surface area contributed by atoms with Crippen molar-refractivity contribution >= 4 is 17.9 Å². The summed E-state index contributed by atoms with van der Waals surface area (Å²) in [6.07, 6.45) is 1.24. The summed E-state index contributed by atoms with van der Waals surface area (Å²) in [5, 5.41) is 11.7. The van der Waals surface area contributed by atoms with Crippen LogP contribution in [0.2, 0.25) is 0 Å². The summed E-state index contributed by atoms with van der Waals surface area (Å²) in [5.74, 6) is -0.965. The van der Waals surface area contributed by atoms with Gasteiger partial charge in [-0.1, -0.05) is 6.92 Å². The van der Waals surface area contributed by atoms with Crippen LogP contribution in [-0.2, 0) is 9.59 Å². The van der Waals surface area contributed by atoms with Gasteiger partial charge in [-0.3, -0.25) is 4.79 Å². The van der Waals surface area contributed by atoms with E-state index in [-0.39, 0.29) is 24.4 Å². The second kappa shape index (κ2) is 7.12. The Hall–Kier alpha value is -1.79. The molecule has 0 aromatic rings. The molecule has 7 heteroatoms. The third-order valence-corrected chi connectivity index (χ3v) is 3.66. The molecule has 2 N–H and O–H groups in total. The molecule has 7 nitrogen and oxygen atoms in total. The minimum Gasteiger partial charge on any atom is -0.480 e. The van der Waals surface area contributed by atoms with Crippen molar-refractivity contribution in [3.8, 4) is 0 Å². The fourth-order valence-corrected chi connectivity index (χ4v) is 2.35. The highest BCUT2D eigenvalue weighted by molar-refractivity contribution is 5.86. The lowest BCUT2D eigenvalue weighted by molar-refractivity contribution is -0.144. The van der Waals surface area contributed by atoms with E-state index in [1.807, 2.05) is 6.92 Å². The van der Waals surface area contributed by atoms with E-state index in [0.717, 1.165) is 6.42 Å².